The molecule has 0 aliphatic carbocycles. The summed E-state index contributed by atoms with van der Waals surface area (Å²) in [5.41, 5.74) is 2.15. The fraction of sp³-hybridized carbons (Fsp3) is 0.900. The Morgan fingerprint density at radius 2 is 2.44 bits per heavy atom. The molecule has 0 aromatic rings. The van der Waals surface area contributed by atoms with E-state index in [-0.39, 0.29) is 24.0 Å². The number of methoxy groups -OCH3 is 1. The first-order valence-electron chi connectivity index (χ1n) is 5.51. The van der Waals surface area contributed by atoms with Crippen molar-refractivity contribution in [1.82, 2.24) is 10.3 Å². The average Bonchev–Trinajstić information content (AvgIpc) is 2.74. The minimum absolute atomic E-state index is 0.227. The van der Waals surface area contributed by atoms with Crippen molar-refractivity contribution in [3.63, 3.8) is 0 Å². The van der Waals surface area contributed by atoms with Gasteiger partial charge in [0.2, 0.25) is 0 Å². The predicted octanol–water partition coefficient (Wildman–Crippen LogP) is -1.31. The highest BCUT2D eigenvalue weighted by atomic mass is 16.5. The second-order valence-corrected chi connectivity index (χ2v) is 4.26. The number of nitrogens with one attached hydrogen (secondary N) is 1. The topological polar surface area (TPSA) is 87.8 Å². The SMILES string of the molecule is COCC(C(=O)NN)N1CCC(C(C)O)C1. The van der Waals surface area contributed by atoms with Crippen molar-refractivity contribution >= 4 is 5.91 Å². The van der Waals surface area contributed by atoms with Gasteiger partial charge in [0.15, 0.2) is 0 Å². The third-order valence-electron chi connectivity index (χ3n) is 3.15. The number of aliphatic hydroxyl groups excluding tert-OH is 1. The Morgan fingerprint density at radius 1 is 1.75 bits per heavy atom. The molecular formula is C10H21N3O3. The van der Waals surface area contributed by atoms with Crippen molar-refractivity contribution in [3.8, 4) is 0 Å². The Labute approximate surface area is 95.7 Å². The maximum atomic E-state index is 11.5. The van der Waals surface area contributed by atoms with Crippen molar-refractivity contribution in [2.45, 2.75) is 25.5 Å². The highest BCUT2D eigenvalue weighted by molar-refractivity contribution is 5.81. The summed E-state index contributed by atoms with van der Waals surface area (Å²) in [6.45, 7) is 3.59. The Hall–Kier alpha value is -0.690. The zero-order valence-corrected chi connectivity index (χ0v) is 9.85. The van der Waals surface area contributed by atoms with Crippen molar-refractivity contribution < 1.29 is 14.6 Å². The number of carbonyl (C=O) groups is 1. The number of rotatable bonds is 5. The minimum Gasteiger partial charge on any atom is -0.393 e. The van der Waals surface area contributed by atoms with Gasteiger partial charge in [-0.1, -0.05) is 0 Å². The van der Waals surface area contributed by atoms with Gasteiger partial charge in [0.25, 0.3) is 5.91 Å². The first-order chi connectivity index (χ1) is 7.60. The van der Waals surface area contributed by atoms with Crippen LogP contribution < -0.4 is 11.3 Å². The molecule has 1 heterocycles. The van der Waals surface area contributed by atoms with E-state index in [2.05, 4.69) is 5.43 Å². The summed E-state index contributed by atoms with van der Waals surface area (Å²) in [5.74, 6) is 5.12. The number of nitrogens with zero attached hydrogens (tertiary/aromatic N) is 1. The number of amides is 1. The Bertz CT molecular complexity index is 235. The molecule has 16 heavy (non-hydrogen) atoms. The molecule has 0 radical (unpaired) electrons. The molecule has 6 nitrogen and oxygen atoms in total. The minimum atomic E-state index is -0.362. The maximum Gasteiger partial charge on any atom is 0.253 e. The molecule has 1 aliphatic heterocycles. The number of carbonyl (C=O) groups excluding carboxylic acids is 1. The number of nitrogens with two attached hydrogens (primary N) is 1. The molecule has 3 unspecified atom stereocenters. The molecule has 1 saturated heterocycles. The highest BCUT2D eigenvalue weighted by Gasteiger charge is 2.33. The van der Waals surface area contributed by atoms with Crippen LogP contribution in [-0.4, -0.2) is 54.9 Å². The molecule has 1 fully saturated rings. The molecule has 1 amide bonds. The lowest BCUT2D eigenvalue weighted by Gasteiger charge is -2.25. The maximum absolute atomic E-state index is 11.5. The van der Waals surface area contributed by atoms with Gasteiger partial charge >= 0.3 is 0 Å². The molecular weight excluding hydrogens is 210 g/mol. The fourth-order valence-corrected chi connectivity index (χ4v) is 2.09. The molecule has 0 spiro atoms. The van der Waals surface area contributed by atoms with Gasteiger partial charge in [-0.05, 0) is 25.8 Å². The molecule has 94 valence electrons. The van der Waals surface area contributed by atoms with Crippen LogP contribution in [0.5, 0.6) is 0 Å². The van der Waals surface area contributed by atoms with Crippen molar-refractivity contribution in [1.29, 1.82) is 0 Å². The van der Waals surface area contributed by atoms with E-state index in [1.54, 1.807) is 14.0 Å². The number of hydrazine groups is 1. The van der Waals surface area contributed by atoms with Gasteiger partial charge in [-0.3, -0.25) is 15.1 Å². The van der Waals surface area contributed by atoms with E-state index in [1.165, 1.54) is 0 Å². The fourth-order valence-electron chi connectivity index (χ4n) is 2.09. The van der Waals surface area contributed by atoms with Crippen LogP contribution in [0.3, 0.4) is 0 Å². The van der Waals surface area contributed by atoms with Crippen LogP contribution in [-0.2, 0) is 9.53 Å². The molecule has 3 atom stereocenters. The lowest BCUT2D eigenvalue weighted by molar-refractivity contribution is -0.128. The number of hydrogen-bond donors (Lipinski definition) is 3. The van der Waals surface area contributed by atoms with Gasteiger partial charge in [-0.25, -0.2) is 5.84 Å². The van der Waals surface area contributed by atoms with Gasteiger partial charge in [-0.15, -0.1) is 0 Å². The van der Waals surface area contributed by atoms with Crippen LogP contribution >= 0.6 is 0 Å². The zero-order chi connectivity index (χ0) is 12.1. The van der Waals surface area contributed by atoms with Gasteiger partial charge in [-0.2, -0.15) is 0 Å². The van der Waals surface area contributed by atoms with Crippen molar-refractivity contribution in [2.24, 2.45) is 11.8 Å². The normalized spacial score (nSPS) is 25.4. The number of ether oxygens (including phenoxy) is 1. The standard InChI is InChI=1S/C10H21N3O3/c1-7(14)8-3-4-13(5-8)9(6-16-2)10(15)12-11/h7-9,14H,3-6,11H2,1-2H3,(H,12,15). The van der Waals surface area contributed by atoms with Crippen LogP contribution in [0.25, 0.3) is 0 Å². The van der Waals surface area contributed by atoms with E-state index in [1.807, 2.05) is 4.90 Å². The molecule has 0 aromatic carbocycles. The quantitative estimate of drug-likeness (QED) is 0.311. The summed E-state index contributed by atoms with van der Waals surface area (Å²) < 4.78 is 5.01. The van der Waals surface area contributed by atoms with Crippen LogP contribution in [0.4, 0.5) is 0 Å². The van der Waals surface area contributed by atoms with Crippen molar-refractivity contribution in [3.05, 3.63) is 0 Å². The number of likely N-dealkylation sites (tertiary alicyclic amines) is 1. The molecule has 6 heteroatoms. The van der Waals surface area contributed by atoms with Crippen LogP contribution in [0.1, 0.15) is 13.3 Å². The molecule has 4 N–H and O–H groups in total. The van der Waals surface area contributed by atoms with Crippen molar-refractivity contribution in [2.75, 3.05) is 26.8 Å². The lowest BCUT2D eigenvalue weighted by Crippen LogP contribution is -2.50. The van der Waals surface area contributed by atoms with E-state index >= 15 is 0 Å². The van der Waals surface area contributed by atoms with Crippen LogP contribution in [0.15, 0.2) is 0 Å². The molecule has 1 aliphatic rings. The third-order valence-corrected chi connectivity index (χ3v) is 3.15. The highest BCUT2D eigenvalue weighted by Crippen LogP contribution is 2.21. The third kappa shape index (κ3) is 3.15. The summed E-state index contributed by atoms with van der Waals surface area (Å²) in [6, 6.07) is -0.362. The Kier molecular flexibility index (Phi) is 5.14. The summed E-state index contributed by atoms with van der Waals surface area (Å²) in [5, 5.41) is 9.49. The number of hydrogen-bond acceptors (Lipinski definition) is 5. The van der Waals surface area contributed by atoms with Gasteiger partial charge in [0.1, 0.15) is 6.04 Å². The first-order valence-corrected chi connectivity index (χ1v) is 5.51. The lowest BCUT2D eigenvalue weighted by atomic mass is 10.0. The van der Waals surface area contributed by atoms with E-state index in [0.717, 1.165) is 13.0 Å². The largest absolute Gasteiger partial charge is 0.393 e. The first kappa shape index (κ1) is 13.4. The monoisotopic (exact) mass is 231 g/mol. The van der Waals surface area contributed by atoms with E-state index in [9.17, 15) is 9.90 Å². The second-order valence-electron chi connectivity index (χ2n) is 4.26. The van der Waals surface area contributed by atoms with Crippen LogP contribution in [0.2, 0.25) is 0 Å². The summed E-state index contributed by atoms with van der Waals surface area (Å²) in [4.78, 5) is 13.5. The van der Waals surface area contributed by atoms with E-state index in [4.69, 9.17) is 10.6 Å². The summed E-state index contributed by atoms with van der Waals surface area (Å²) in [6.07, 6.45) is 0.560. The number of aliphatic hydroxyl groups is 1. The zero-order valence-electron chi connectivity index (χ0n) is 9.85. The second kappa shape index (κ2) is 6.15. The Morgan fingerprint density at radius 3 is 2.88 bits per heavy atom. The summed E-state index contributed by atoms with van der Waals surface area (Å²) >= 11 is 0. The molecule has 0 saturated carbocycles. The van der Waals surface area contributed by atoms with Crippen LogP contribution in [0, 0.1) is 5.92 Å². The molecule has 0 aromatic heterocycles. The summed E-state index contributed by atoms with van der Waals surface area (Å²) in [7, 11) is 1.55. The van der Waals surface area contributed by atoms with Gasteiger partial charge in [0, 0.05) is 13.7 Å². The van der Waals surface area contributed by atoms with Gasteiger partial charge < -0.3 is 9.84 Å². The smallest absolute Gasteiger partial charge is 0.253 e. The molecule has 1 rings (SSSR count). The molecule has 0 bridgehead atoms. The van der Waals surface area contributed by atoms with E-state index < -0.39 is 0 Å². The predicted molar refractivity (Wildman–Crippen MR) is 59.4 cm³/mol. The van der Waals surface area contributed by atoms with Gasteiger partial charge in [0.05, 0.1) is 12.7 Å². The average molecular weight is 231 g/mol. The van der Waals surface area contributed by atoms with E-state index in [0.29, 0.717) is 13.2 Å². The Balaban J connectivity index is 2.56.